The van der Waals surface area contributed by atoms with E-state index in [1.807, 2.05) is 6.92 Å². The van der Waals surface area contributed by atoms with Gasteiger partial charge in [0.05, 0.1) is 6.10 Å². The summed E-state index contributed by atoms with van der Waals surface area (Å²) in [4.78, 5) is 25.3. The van der Waals surface area contributed by atoms with Crippen LogP contribution < -0.4 is 0 Å². The second-order valence-electron chi connectivity index (χ2n) is 7.26. The molecule has 2 aliphatic rings. The van der Waals surface area contributed by atoms with E-state index in [0.29, 0.717) is 13.0 Å². The number of carbonyl (C=O) groups is 2. The molecule has 0 unspecified atom stereocenters. The Morgan fingerprint density at radius 3 is 2.38 bits per heavy atom. The van der Waals surface area contributed by atoms with Crippen LogP contribution >= 0.6 is 0 Å². The van der Waals surface area contributed by atoms with Gasteiger partial charge in [-0.25, -0.2) is 9.59 Å². The van der Waals surface area contributed by atoms with Gasteiger partial charge in [0, 0.05) is 6.54 Å². The normalized spacial score (nSPS) is 36.2. The number of carbonyl (C=O) groups excluding carboxylic acids is 1. The minimum Gasteiger partial charge on any atom is -0.480 e. The van der Waals surface area contributed by atoms with E-state index >= 15 is 0 Å². The summed E-state index contributed by atoms with van der Waals surface area (Å²) in [7, 11) is 0. The number of aliphatic hydroxyl groups excluding tert-OH is 1. The fraction of sp³-hybridized carbons (Fsp3) is 0.867. The molecule has 120 valence electrons. The third-order valence-electron chi connectivity index (χ3n) is 4.60. The fourth-order valence-corrected chi connectivity index (χ4v) is 3.66. The van der Waals surface area contributed by atoms with Crippen LogP contribution in [0.2, 0.25) is 0 Å². The number of rotatable bonds is 1. The molecule has 5 atom stereocenters. The summed E-state index contributed by atoms with van der Waals surface area (Å²) in [6.07, 6.45) is 0.341. The summed E-state index contributed by atoms with van der Waals surface area (Å²) in [5.74, 6) is -1.23. The van der Waals surface area contributed by atoms with Crippen molar-refractivity contribution in [2.45, 2.75) is 58.3 Å². The number of aliphatic carboxylic acids is 1. The maximum absolute atomic E-state index is 12.3. The zero-order chi connectivity index (χ0) is 15.9. The number of likely N-dealkylation sites (tertiary alicyclic amines) is 1. The molecule has 21 heavy (non-hydrogen) atoms. The first-order chi connectivity index (χ1) is 9.61. The smallest absolute Gasteiger partial charge is 0.411 e. The topological polar surface area (TPSA) is 87.1 Å². The number of hydrogen-bond acceptors (Lipinski definition) is 4. The zero-order valence-electron chi connectivity index (χ0n) is 13.1. The summed E-state index contributed by atoms with van der Waals surface area (Å²) < 4.78 is 5.33. The van der Waals surface area contributed by atoms with E-state index in [0.717, 1.165) is 6.42 Å². The molecule has 0 radical (unpaired) electrons. The zero-order valence-corrected chi connectivity index (χ0v) is 13.1. The molecule has 1 amide bonds. The summed E-state index contributed by atoms with van der Waals surface area (Å²) in [6, 6.07) is -0.908. The number of fused-ring (bicyclic) bond motifs is 1. The Hall–Kier alpha value is -1.30. The molecule has 6 nitrogen and oxygen atoms in total. The second-order valence-corrected chi connectivity index (χ2v) is 7.26. The van der Waals surface area contributed by atoms with Crippen LogP contribution in [-0.2, 0) is 9.53 Å². The van der Waals surface area contributed by atoms with Crippen molar-refractivity contribution < 1.29 is 24.5 Å². The predicted octanol–water partition coefficient (Wildman–Crippen LogP) is 1.71. The van der Waals surface area contributed by atoms with E-state index in [4.69, 9.17) is 4.74 Å². The Morgan fingerprint density at radius 1 is 1.24 bits per heavy atom. The van der Waals surface area contributed by atoms with Gasteiger partial charge in [0.15, 0.2) is 0 Å². The molecule has 0 bridgehead atoms. The van der Waals surface area contributed by atoms with Gasteiger partial charge in [-0.3, -0.25) is 4.90 Å². The maximum Gasteiger partial charge on any atom is 0.411 e. The van der Waals surface area contributed by atoms with Crippen molar-refractivity contribution in [2.24, 2.45) is 17.8 Å². The number of aliphatic hydroxyl groups is 1. The SMILES string of the molecule is C[C@H]1[C@H]2[C@@H](CC[C@H]1O)CN(C(=O)OC(C)(C)C)[C@@H]2C(=O)O. The predicted molar refractivity (Wildman–Crippen MR) is 75.7 cm³/mol. The molecule has 0 aromatic carbocycles. The van der Waals surface area contributed by atoms with Crippen molar-refractivity contribution in [3.8, 4) is 0 Å². The molecular formula is C15H25NO5. The largest absolute Gasteiger partial charge is 0.480 e. The Bertz CT molecular complexity index is 430. The monoisotopic (exact) mass is 299 g/mol. The third-order valence-corrected chi connectivity index (χ3v) is 4.60. The highest BCUT2D eigenvalue weighted by atomic mass is 16.6. The maximum atomic E-state index is 12.3. The van der Waals surface area contributed by atoms with Gasteiger partial charge in [-0.15, -0.1) is 0 Å². The van der Waals surface area contributed by atoms with Gasteiger partial charge in [0.25, 0.3) is 0 Å². The molecule has 1 aliphatic carbocycles. The average Bonchev–Trinajstić information content (AvgIpc) is 2.72. The quantitative estimate of drug-likeness (QED) is 0.769. The van der Waals surface area contributed by atoms with Crippen LogP contribution in [0.1, 0.15) is 40.5 Å². The van der Waals surface area contributed by atoms with Crippen molar-refractivity contribution in [3.05, 3.63) is 0 Å². The molecule has 1 saturated carbocycles. The summed E-state index contributed by atoms with van der Waals surface area (Å²) in [5, 5.41) is 19.6. The number of carboxylic acids is 1. The molecule has 1 aliphatic heterocycles. The van der Waals surface area contributed by atoms with Crippen LogP contribution in [0.4, 0.5) is 4.79 Å². The van der Waals surface area contributed by atoms with Crippen LogP contribution in [0.5, 0.6) is 0 Å². The van der Waals surface area contributed by atoms with Crippen LogP contribution in [0.25, 0.3) is 0 Å². The summed E-state index contributed by atoms with van der Waals surface area (Å²) in [6.45, 7) is 7.55. The Morgan fingerprint density at radius 2 is 1.86 bits per heavy atom. The molecule has 2 fully saturated rings. The van der Waals surface area contributed by atoms with Gasteiger partial charge in [0.2, 0.25) is 0 Å². The number of nitrogens with zero attached hydrogens (tertiary/aromatic N) is 1. The molecule has 1 saturated heterocycles. The van der Waals surface area contributed by atoms with Crippen molar-refractivity contribution >= 4 is 12.1 Å². The standard InChI is InChI=1S/C15H25NO5/c1-8-10(17)6-5-9-7-16(12(11(8)9)13(18)19)14(20)21-15(2,3)4/h8-12,17H,5-7H2,1-4H3,(H,18,19)/t8-,9+,10-,11+,12+/m1/s1. The highest BCUT2D eigenvalue weighted by Crippen LogP contribution is 2.44. The van der Waals surface area contributed by atoms with E-state index in [1.54, 1.807) is 20.8 Å². The number of carboxylic acid groups (broad SMARTS) is 1. The Labute approximate surface area is 125 Å². The van der Waals surface area contributed by atoms with Crippen LogP contribution in [0.3, 0.4) is 0 Å². The first-order valence-corrected chi connectivity index (χ1v) is 7.52. The number of hydrogen-bond donors (Lipinski definition) is 2. The molecule has 0 aromatic rings. The highest BCUT2D eigenvalue weighted by Gasteiger charge is 2.53. The first kappa shape index (κ1) is 16.1. The fourth-order valence-electron chi connectivity index (χ4n) is 3.66. The van der Waals surface area contributed by atoms with Gasteiger partial charge in [-0.1, -0.05) is 6.92 Å². The van der Waals surface area contributed by atoms with Gasteiger partial charge >= 0.3 is 12.1 Å². The van der Waals surface area contributed by atoms with E-state index in [9.17, 15) is 19.8 Å². The lowest BCUT2D eigenvalue weighted by atomic mass is 9.70. The highest BCUT2D eigenvalue weighted by molar-refractivity contribution is 5.81. The molecule has 0 aromatic heterocycles. The van der Waals surface area contributed by atoms with Gasteiger partial charge < -0.3 is 14.9 Å². The van der Waals surface area contributed by atoms with Gasteiger partial charge in [-0.05, 0) is 51.4 Å². The molecular weight excluding hydrogens is 274 g/mol. The van der Waals surface area contributed by atoms with E-state index in [1.165, 1.54) is 4.90 Å². The van der Waals surface area contributed by atoms with Crippen LogP contribution in [0, 0.1) is 17.8 Å². The average molecular weight is 299 g/mol. The lowest BCUT2D eigenvalue weighted by molar-refractivity contribution is -0.145. The minimum atomic E-state index is -1.02. The Balaban J connectivity index is 2.23. The number of amides is 1. The van der Waals surface area contributed by atoms with E-state index < -0.39 is 29.8 Å². The lowest BCUT2D eigenvalue weighted by Gasteiger charge is -2.36. The van der Waals surface area contributed by atoms with Crippen molar-refractivity contribution in [1.82, 2.24) is 4.90 Å². The van der Waals surface area contributed by atoms with Crippen molar-refractivity contribution in [3.63, 3.8) is 0 Å². The summed E-state index contributed by atoms with van der Waals surface area (Å²) >= 11 is 0. The van der Waals surface area contributed by atoms with Gasteiger partial charge in [-0.2, -0.15) is 0 Å². The molecule has 6 heteroatoms. The summed E-state index contributed by atoms with van der Waals surface area (Å²) in [5.41, 5.74) is -0.654. The van der Waals surface area contributed by atoms with Crippen molar-refractivity contribution in [2.75, 3.05) is 6.54 Å². The molecule has 1 heterocycles. The van der Waals surface area contributed by atoms with Crippen LogP contribution in [0.15, 0.2) is 0 Å². The second kappa shape index (κ2) is 5.48. The minimum absolute atomic E-state index is 0.122. The number of ether oxygens (including phenoxy) is 1. The first-order valence-electron chi connectivity index (χ1n) is 7.52. The molecule has 2 rings (SSSR count). The third kappa shape index (κ3) is 3.15. The van der Waals surface area contributed by atoms with E-state index in [2.05, 4.69) is 0 Å². The van der Waals surface area contributed by atoms with E-state index in [-0.39, 0.29) is 17.8 Å². The van der Waals surface area contributed by atoms with Gasteiger partial charge in [0.1, 0.15) is 11.6 Å². The van der Waals surface area contributed by atoms with Crippen molar-refractivity contribution in [1.29, 1.82) is 0 Å². The lowest BCUT2D eigenvalue weighted by Crippen LogP contribution is -2.48. The van der Waals surface area contributed by atoms with Crippen LogP contribution in [-0.4, -0.2) is 51.5 Å². The Kier molecular flexibility index (Phi) is 4.19. The molecule has 2 N–H and O–H groups in total. The molecule has 0 spiro atoms.